The smallest absolute Gasteiger partial charge is 0.258 e. The second-order valence-electron chi connectivity index (χ2n) is 4.75. The van der Waals surface area contributed by atoms with E-state index in [1.807, 2.05) is 0 Å². The molecule has 22 heavy (non-hydrogen) atoms. The second-order valence-corrected chi connectivity index (χ2v) is 6.81. The van der Waals surface area contributed by atoms with Crippen LogP contribution in [0.15, 0.2) is 24.4 Å². The van der Waals surface area contributed by atoms with Crippen molar-refractivity contribution in [3.05, 3.63) is 55.9 Å². The van der Waals surface area contributed by atoms with E-state index in [1.54, 1.807) is 0 Å². The molecule has 0 saturated carbocycles. The lowest BCUT2D eigenvalue weighted by Crippen LogP contribution is -2.07. The van der Waals surface area contributed by atoms with Gasteiger partial charge in [-0.2, -0.15) is 5.10 Å². The molecule has 3 rings (SSSR count). The number of sulfone groups is 1. The molecule has 0 saturated heterocycles. The first kappa shape index (κ1) is 14.1. The van der Waals surface area contributed by atoms with E-state index in [4.69, 9.17) is 0 Å². The van der Waals surface area contributed by atoms with Crippen molar-refractivity contribution in [3.63, 3.8) is 0 Å². The zero-order valence-corrected chi connectivity index (χ0v) is 11.7. The van der Waals surface area contributed by atoms with Gasteiger partial charge in [-0.05, 0) is 6.07 Å². The van der Waals surface area contributed by atoms with Crippen LogP contribution in [0.5, 0.6) is 0 Å². The number of nitrogens with zero attached hydrogens (tertiary/aromatic N) is 4. The van der Waals surface area contributed by atoms with Crippen LogP contribution in [0.4, 0.5) is 11.4 Å². The van der Waals surface area contributed by atoms with Gasteiger partial charge in [0.2, 0.25) is 0 Å². The Hall–Kier alpha value is -2.82. The minimum atomic E-state index is -3.29. The summed E-state index contributed by atoms with van der Waals surface area (Å²) in [6.07, 6.45) is 1.34. The predicted octanol–water partition coefficient (Wildman–Crippen LogP) is 1.12. The SMILES string of the molecule is O=[N+]([O-])c1ccc(-n2ncc3c2CS(=O)(=O)C3)c([N+](=O)[O-])c1. The standard InChI is InChI=1S/C11H8N4O6S/c16-14(17)8-1-2-9(10(3-8)15(18)19)13-11-6-22(20,21)5-7(11)4-12-13/h1-4H,5-6H2. The van der Waals surface area contributed by atoms with Crippen molar-refractivity contribution >= 4 is 21.2 Å². The van der Waals surface area contributed by atoms with Crippen LogP contribution in [-0.4, -0.2) is 28.0 Å². The van der Waals surface area contributed by atoms with E-state index in [-0.39, 0.29) is 17.2 Å². The monoisotopic (exact) mass is 324 g/mol. The molecule has 0 unspecified atom stereocenters. The van der Waals surface area contributed by atoms with Crippen LogP contribution in [-0.2, 0) is 21.3 Å². The van der Waals surface area contributed by atoms with Crippen molar-refractivity contribution in [2.45, 2.75) is 11.5 Å². The number of rotatable bonds is 3. The van der Waals surface area contributed by atoms with Crippen molar-refractivity contribution in [2.24, 2.45) is 0 Å². The fourth-order valence-electron chi connectivity index (χ4n) is 2.34. The van der Waals surface area contributed by atoms with Gasteiger partial charge in [-0.1, -0.05) is 0 Å². The van der Waals surface area contributed by atoms with E-state index in [9.17, 15) is 28.6 Å². The quantitative estimate of drug-likeness (QED) is 0.608. The van der Waals surface area contributed by atoms with Gasteiger partial charge in [0, 0.05) is 11.6 Å². The molecular formula is C11H8N4O6S. The number of nitro groups is 2. The van der Waals surface area contributed by atoms with Crippen molar-refractivity contribution in [3.8, 4) is 5.69 Å². The summed E-state index contributed by atoms with van der Waals surface area (Å²) in [5, 5.41) is 25.8. The first-order valence-electron chi connectivity index (χ1n) is 5.98. The Morgan fingerprint density at radius 2 is 1.86 bits per heavy atom. The van der Waals surface area contributed by atoms with E-state index in [0.29, 0.717) is 11.3 Å². The van der Waals surface area contributed by atoms with Crippen LogP contribution in [0, 0.1) is 20.2 Å². The van der Waals surface area contributed by atoms with Gasteiger partial charge in [0.05, 0.1) is 39.3 Å². The third-order valence-electron chi connectivity index (χ3n) is 3.28. The summed E-state index contributed by atoms with van der Waals surface area (Å²) in [7, 11) is -3.29. The maximum absolute atomic E-state index is 11.6. The topological polar surface area (TPSA) is 138 Å². The van der Waals surface area contributed by atoms with E-state index in [0.717, 1.165) is 16.8 Å². The van der Waals surface area contributed by atoms with E-state index >= 15 is 0 Å². The lowest BCUT2D eigenvalue weighted by Gasteiger charge is -2.06. The highest BCUT2D eigenvalue weighted by molar-refractivity contribution is 7.90. The molecule has 114 valence electrons. The first-order valence-corrected chi connectivity index (χ1v) is 7.80. The Morgan fingerprint density at radius 3 is 2.50 bits per heavy atom. The molecule has 0 aliphatic carbocycles. The normalized spacial score (nSPS) is 15.5. The fraction of sp³-hybridized carbons (Fsp3) is 0.182. The van der Waals surface area contributed by atoms with E-state index in [2.05, 4.69) is 5.10 Å². The number of nitro benzene ring substituents is 2. The molecule has 10 nitrogen and oxygen atoms in total. The highest BCUT2D eigenvalue weighted by Gasteiger charge is 2.31. The molecule has 0 radical (unpaired) electrons. The Bertz CT molecular complexity index is 917. The summed E-state index contributed by atoms with van der Waals surface area (Å²) in [5.41, 5.74) is -0.116. The molecule has 1 aromatic heterocycles. The number of benzene rings is 1. The molecule has 1 aliphatic heterocycles. The lowest BCUT2D eigenvalue weighted by molar-refractivity contribution is -0.394. The zero-order valence-electron chi connectivity index (χ0n) is 10.9. The Labute approximate surface area is 123 Å². The van der Waals surface area contributed by atoms with Gasteiger partial charge in [-0.3, -0.25) is 20.2 Å². The summed E-state index contributed by atoms with van der Waals surface area (Å²) in [6, 6.07) is 3.13. The summed E-state index contributed by atoms with van der Waals surface area (Å²) < 4.78 is 24.4. The lowest BCUT2D eigenvalue weighted by atomic mass is 10.2. The maximum Gasteiger partial charge on any atom is 0.301 e. The molecule has 1 aromatic carbocycles. The Balaban J connectivity index is 2.19. The van der Waals surface area contributed by atoms with Crippen molar-refractivity contribution in [1.82, 2.24) is 9.78 Å². The van der Waals surface area contributed by atoms with Crippen LogP contribution in [0.2, 0.25) is 0 Å². The minimum Gasteiger partial charge on any atom is -0.258 e. The van der Waals surface area contributed by atoms with Crippen LogP contribution in [0.25, 0.3) is 5.69 Å². The second kappa shape index (κ2) is 4.59. The Morgan fingerprint density at radius 1 is 1.14 bits per heavy atom. The fourth-order valence-corrected chi connectivity index (χ4v) is 3.88. The average Bonchev–Trinajstić information content (AvgIpc) is 2.92. The largest absolute Gasteiger partial charge is 0.301 e. The average molecular weight is 324 g/mol. The highest BCUT2D eigenvalue weighted by Crippen LogP contribution is 2.32. The first-order chi connectivity index (χ1) is 10.3. The van der Waals surface area contributed by atoms with Gasteiger partial charge in [-0.15, -0.1) is 0 Å². The van der Waals surface area contributed by atoms with Gasteiger partial charge in [0.25, 0.3) is 5.69 Å². The van der Waals surface area contributed by atoms with Gasteiger partial charge in [0.15, 0.2) is 9.84 Å². The molecule has 0 amide bonds. The summed E-state index contributed by atoms with van der Waals surface area (Å²) in [5.74, 6) is -0.431. The summed E-state index contributed by atoms with van der Waals surface area (Å²) in [6.45, 7) is 0. The number of non-ortho nitro benzene ring substituents is 1. The third-order valence-corrected chi connectivity index (χ3v) is 4.75. The van der Waals surface area contributed by atoms with Crippen LogP contribution in [0.3, 0.4) is 0 Å². The molecule has 0 bridgehead atoms. The summed E-state index contributed by atoms with van der Waals surface area (Å²) >= 11 is 0. The van der Waals surface area contributed by atoms with Crippen LogP contribution in [0.1, 0.15) is 11.3 Å². The minimum absolute atomic E-state index is 0.00560. The number of hydrogen-bond donors (Lipinski definition) is 0. The van der Waals surface area contributed by atoms with E-state index in [1.165, 1.54) is 12.3 Å². The predicted molar refractivity (Wildman–Crippen MR) is 73.2 cm³/mol. The number of fused-ring (bicyclic) bond motifs is 1. The van der Waals surface area contributed by atoms with E-state index < -0.39 is 31.1 Å². The molecule has 2 aromatic rings. The number of aromatic nitrogens is 2. The van der Waals surface area contributed by atoms with Gasteiger partial charge >= 0.3 is 5.69 Å². The molecule has 0 fully saturated rings. The molecule has 0 atom stereocenters. The van der Waals surface area contributed by atoms with Gasteiger partial charge in [-0.25, -0.2) is 13.1 Å². The molecule has 11 heteroatoms. The van der Waals surface area contributed by atoms with Crippen molar-refractivity contribution in [1.29, 1.82) is 0 Å². The Kier molecular flexibility index (Phi) is 2.95. The molecule has 2 heterocycles. The summed E-state index contributed by atoms with van der Waals surface area (Å²) in [4.78, 5) is 20.4. The molecule has 0 N–H and O–H groups in total. The number of hydrogen-bond acceptors (Lipinski definition) is 7. The third kappa shape index (κ3) is 2.20. The van der Waals surface area contributed by atoms with Gasteiger partial charge < -0.3 is 0 Å². The van der Waals surface area contributed by atoms with Crippen molar-refractivity contribution < 1.29 is 18.3 Å². The molecule has 1 aliphatic rings. The van der Waals surface area contributed by atoms with Gasteiger partial charge in [0.1, 0.15) is 5.69 Å². The van der Waals surface area contributed by atoms with Crippen LogP contribution < -0.4 is 0 Å². The zero-order chi connectivity index (χ0) is 16.1. The highest BCUT2D eigenvalue weighted by atomic mass is 32.2. The molecule has 0 spiro atoms. The van der Waals surface area contributed by atoms with Crippen molar-refractivity contribution in [2.75, 3.05) is 0 Å². The maximum atomic E-state index is 11.6. The molecular weight excluding hydrogens is 316 g/mol. The van der Waals surface area contributed by atoms with Crippen LogP contribution >= 0.6 is 0 Å².